The topological polar surface area (TPSA) is 431 Å². The number of phenolic OH excluding ortho intramolecular Hbond substituents is 4. The van der Waals surface area contributed by atoms with E-state index in [1.165, 1.54) is 93.7 Å². The van der Waals surface area contributed by atoms with Crippen LogP contribution >= 0.6 is 47.8 Å². The minimum absolute atomic E-state index is 0. The number of nitrogens with one attached hydrogen (secondary N) is 1. The van der Waals surface area contributed by atoms with Crippen LogP contribution in [0.25, 0.3) is 22.6 Å². The maximum absolute atomic E-state index is 11.9. The van der Waals surface area contributed by atoms with Crippen molar-refractivity contribution in [3.63, 3.8) is 0 Å². The van der Waals surface area contributed by atoms with Crippen LogP contribution < -0.4 is 105 Å². The van der Waals surface area contributed by atoms with Gasteiger partial charge in [0.1, 0.15) is 80.3 Å². The zero-order valence-corrected chi connectivity index (χ0v) is 89.8. The third-order valence-corrected chi connectivity index (χ3v) is 21.2. The van der Waals surface area contributed by atoms with Crippen molar-refractivity contribution < 1.29 is 167 Å². The first-order valence-electron chi connectivity index (χ1n) is 46.2. The van der Waals surface area contributed by atoms with Crippen LogP contribution in [0.5, 0.6) is 69.0 Å². The molecule has 11 aromatic carbocycles. The predicted octanol–water partition coefficient (Wildman–Crippen LogP) is 20.6. The van der Waals surface area contributed by atoms with Gasteiger partial charge in [0.15, 0.2) is 11.3 Å². The number of fused-ring (bicyclic) bond motifs is 1. The van der Waals surface area contributed by atoms with Crippen molar-refractivity contribution in [2.75, 3.05) is 76.5 Å². The number of methoxy groups -OCH3 is 4. The Morgan fingerprint density at radius 3 is 1.32 bits per heavy atom. The van der Waals surface area contributed by atoms with Gasteiger partial charge in [-0.05, 0) is 259 Å². The van der Waals surface area contributed by atoms with Crippen LogP contribution in [0.1, 0.15) is 151 Å². The second-order valence-electron chi connectivity index (χ2n) is 32.8. The number of esters is 3. The van der Waals surface area contributed by atoms with Crippen molar-refractivity contribution in [1.82, 2.24) is 15.2 Å². The molecule has 6 aliphatic rings. The number of nitro groups is 1. The van der Waals surface area contributed by atoms with Crippen LogP contribution in [0.4, 0.5) is 11.4 Å². The Kier molecular flexibility index (Phi) is 57.4. The number of nitrogens with two attached hydrogens (primary N) is 1. The largest absolute Gasteiger partial charge is 1.00 e. The number of alkyl halides is 3. The van der Waals surface area contributed by atoms with Crippen molar-refractivity contribution >= 4 is 88.2 Å². The fourth-order valence-corrected chi connectivity index (χ4v) is 11.6. The number of carbonyl (C=O) groups excluding carboxylic acids is 3. The summed E-state index contributed by atoms with van der Waals surface area (Å²) in [6, 6.07) is 75.9. The van der Waals surface area contributed by atoms with Gasteiger partial charge in [0, 0.05) is 58.9 Å². The Balaban J connectivity index is 0.000000545. The van der Waals surface area contributed by atoms with E-state index < -0.39 is 15.6 Å². The average molecular weight is 2200 g/mol. The molecular weight excluding hydrogens is 2060 g/mol. The monoisotopic (exact) mass is 2190 g/mol. The van der Waals surface area contributed by atoms with Gasteiger partial charge in [0.2, 0.25) is 5.89 Å². The molecule has 0 bridgehead atoms. The molecular formula is C108H134Br3KN6O25. The van der Waals surface area contributed by atoms with Crippen LogP contribution in [0, 0.1) is 47.9 Å². The molecule has 0 spiro atoms. The number of nitro benzene ring substituents is 1. The maximum atomic E-state index is 11.9. The van der Waals surface area contributed by atoms with Gasteiger partial charge in [-0.25, -0.2) is 19.4 Å². The summed E-state index contributed by atoms with van der Waals surface area (Å²) in [6.45, 7) is 20.1. The number of nitrogens with zero attached hydrogens (tertiary/aromatic N) is 4. The number of ether oxygens (including phenoxy) is 11. The summed E-state index contributed by atoms with van der Waals surface area (Å²) >= 11 is 9.59. The van der Waals surface area contributed by atoms with E-state index in [0.717, 1.165) is 127 Å². The van der Waals surface area contributed by atoms with Crippen LogP contribution in [0.2, 0.25) is 0 Å². The van der Waals surface area contributed by atoms with Crippen molar-refractivity contribution in [3.8, 4) is 80.4 Å². The minimum Gasteiger partial charge on any atom is -0.850 e. The molecule has 18 rings (SSSR count). The molecule has 1 aliphatic heterocycles. The first-order chi connectivity index (χ1) is 68.5. The molecule has 1 saturated heterocycles. The number of hydrogen-bond acceptors (Lipinski definition) is 28. The quantitative estimate of drug-likeness (QED) is 0.00360. The summed E-state index contributed by atoms with van der Waals surface area (Å²) in [5.41, 5.74) is 14.4. The normalized spacial score (nSPS) is 13.2. The van der Waals surface area contributed by atoms with Crippen molar-refractivity contribution in [2.45, 2.75) is 162 Å². The number of nitrogen functional groups attached to an aromatic ring is 1. The van der Waals surface area contributed by atoms with Gasteiger partial charge in [-0.1, -0.05) is 180 Å². The molecule has 143 heavy (non-hydrogen) atoms. The van der Waals surface area contributed by atoms with Gasteiger partial charge in [0.25, 0.3) is 5.09 Å². The zero-order chi connectivity index (χ0) is 105. The number of hydrogen-bond donors (Lipinski definition) is 7. The van der Waals surface area contributed by atoms with E-state index in [-0.39, 0.29) is 113 Å². The van der Waals surface area contributed by atoms with Gasteiger partial charge >= 0.3 is 75.0 Å². The van der Waals surface area contributed by atoms with E-state index in [2.05, 4.69) is 100 Å². The van der Waals surface area contributed by atoms with Gasteiger partial charge in [0.05, 0.1) is 93.0 Å². The minimum atomic E-state index is -1.50. The molecule has 8 N–H and O–H groups in total. The second kappa shape index (κ2) is 67.5. The molecule has 0 amide bonds. The maximum Gasteiger partial charge on any atom is 1.00 e. The number of aromatic hydroxyl groups is 4. The van der Waals surface area contributed by atoms with Crippen LogP contribution in [-0.2, 0) is 19.0 Å². The Morgan fingerprint density at radius 1 is 0.531 bits per heavy atom. The number of piperazine rings is 1. The van der Waals surface area contributed by atoms with Crippen molar-refractivity contribution in [3.05, 3.63) is 327 Å². The molecule has 5 aliphatic carbocycles. The zero-order valence-electron chi connectivity index (χ0n) is 83.9. The molecule has 768 valence electrons. The number of aromatic nitrogens is 1. The number of carbonyl (C=O) groups is 3. The van der Waals surface area contributed by atoms with E-state index in [0.29, 0.717) is 75.5 Å². The molecule has 1 aromatic heterocycles. The summed E-state index contributed by atoms with van der Waals surface area (Å²) in [5.74, 6) is 6.18. The fourth-order valence-electron chi connectivity index (χ4n) is 11.4. The number of phenols is 4. The molecule has 1 unspecified atom stereocenters. The van der Waals surface area contributed by atoms with Crippen molar-refractivity contribution in [2.24, 2.45) is 0 Å². The van der Waals surface area contributed by atoms with Crippen LogP contribution in [-0.4, -0.2) is 170 Å². The number of benzene rings is 11. The number of rotatable bonds is 23. The molecule has 35 heteroatoms. The summed E-state index contributed by atoms with van der Waals surface area (Å²) in [4.78, 5) is 59.4. The van der Waals surface area contributed by atoms with Gasteiger partial charge < -0.3 is 98.3 Å². The summed E-state index contributed by atoms with van der Waals surface area (Å²) in [6.07, 6.45) is 14.5. The number of halogens is 3. The molecule has 6 fully saturated rings. The van der Waals surface area contributed by atoms with E-state index in [9.17, 15) is 29.6 Å². The smallest absolute Gasteiger partial charge is 0.850 e. The van der Waals surface area contributed by atoms with Crippen LogP contribution in [0.15, 0.2) is 272 Å². The third-order valence-electron chi connectivity index (χ3n) is 19.2. The second-order valence-corrected chi connectivity index (χ2v) is 34.9. The van der Waals surface area contributed by atoms with Crippen molar-refractivity contribution in [1.29, 1.82) is 0 Å². The van der Waals surface area contributed by atoms with E-state index in [4.69, 9.17) is 96.2 Å². The Morgan fingerprint density at radius 2 is 0.916 bits per heavy atom. The summed E-state index contributed by atoms with van der Waals surface area (Å²) < 4.78 is 72.8. The Bertz CT molecular complexity index is 5620. The number of anilines is 1. The molecule has 31 nitrogen and oxygen atoms in total. The van der Waals surface area contributed by atoms with E-state index in [1.807, 2.05) is 141 Å². The predicted molar refractivity (Wildman–Crippen MR) is 563 cm³/mol. The summed E-state index contributed by atoms with van der Waals surface area (Å²) in [5, 5.41) is 75.6. The first-order valence-corrected chi connectivity index (χ1v) is 48.5. The standard InChI is InChI=1S/C18H15NO4.C13H18N2O2.C10H12O.C9H9NO4.C9H11NO2.C9H10O3.C9H10O2.C9H10O.C8H9BrO.C7H8O.C4H9O.C2H4Br2.CH4.K.HNO3.2H2/c1-21-18(20)12-4-2-3-11(9-12)17-19-15-10-14(22-13-5-6-13)7-8-16(15)23-17;1-17-13(16)12(11-5-3-2-4-6-11)15-9-7-14-8-10-15;1-8-2-4-9(5-3-8)11-10-6-7-10;11-9-4-3-7(14-6-1-2-6)5-8(9)10(12)13;10-8-5-7(3-4-9(8)11)12-6-1-2-6;1-11-8-5-3-4-7(6-8)9(10)12-2;10-7-1-3-8(4-2-7)11-9-5-6-9;1-3-10-9-6-4-8(2)5-7-9;1-7-2-4-8(5-3-7)10-6-9;1-6-2-4-7(8)5-3-6;1-4(2,3)5;3-1-2-4;;;2-1(3)4;;/h2-4,7-10,13H,5-6H2,1H3;2-6,12,14H,7-10H2,1H3;2-5,10H,6-7H2,1H3;3-6,11H,1-2H2;3-6,11H,1-2,10H2;3-6H,1-2H3;1-4,9-10H,5-6H2;3-7H,1H2,2H3;2-5H,6H2,1H3;2-5,8H,1H3;1-3H3;1-2H2;1H4;;(H,2,3,4);2*1H/q;;;;;;;;;;-1;;;+1;;;/i;;;;;;;;;;;;;;;1+1D;. The van der Waals surface area contributed by atoms with Gasteiger partial charge in [-0.3, -0.25) is 15.0 Å². The molecule has 0 radical (unpaired) electrons. The van der Waals surface area contributed by atoms with Gasteiger partial charge in [-0.15, -0.1) is 15.7 Å². The summed E-state index contributed by atoms with van der Waals surface area (Å²) in [7, 11) is 5.70. The third kappa shape index (κ3) is 53.8. The first kappa shape index (κ1) is 121. The molecule has 5 saturated carbocycles. The Hall–Kier alpha value is -12.0. The van der Waals surface area contributed by atoms with E-state index >= 15 is 0 Å². The molecule has 12 aromatic rings. The number of aryl methyl sites for hydroxylation is 4. The SMILES string of the molecule is BrCCBr.C.C=COc1ccc(C)cc1.CC(C)(C)[O-].COC(=O)C(c1ccccc1)N1CCNCC1.COC(=O)c1cccc(-c2nc3cc(OC4CC4)ccc3o2)c1.COC(=O)c1cccc(OC)c1.Cc1ccc(O)cc1.Cc1ccc(OC2CC2)cc1.Cc1ccc(OCBr)cc1.Nc1cc(OC2CC2)ccc1O.O=[N+]([O-])O.O=[N+]([O-])c1cc(OC2CC2)ccc1O.Oc1ccc(OC2CC2)cc1.[2H][2H].[HH].[K+]. The average Bonchev–Trinajstić information content (AvgIpc) is 1.64. The molecule has 1 atom stereocenters. The van der Waals surface area contributed by atoms with Gasteiger partial charge in [-0.2, -0.15) is 0 Å². The molecule has 2 heterocycles. The van der Waals surface area contributed by atoms with Crippen LogP contribution in [0.3, 0.4) is 0 Å². The van der Waals surface area contributed by atoms with E-state index in [1.54, 1.807) is 125 Å². The Labute approximate surface area is 909 Å². The fraction of sp³-hybridized carbons (Fsp3) is 0.333. The number of oxazole rings is 1.